The quantitative estimate of drug-likeness (QED) is 0.765. The van der Waals surface area contributed by atoms with Gasteiger partial charge in [-0.05, 0) is 58.0 Å². The SMILES string of the molecule is CN1CCCC(CNC(=O)C2(O)CCCC2)C1. The molecule has 1 amide bonds. The second-order valence-electron chi connectivity index (χ2n) is 5.72. The molecule has 1 saturated carbocycles. The molecule has 2 rings (SSSR count). The molecule has 2 aliphatic rings. The fourth-order valence-corrected chi connectivity index (χ4v) is 3.03. The van der Waals surface area contributed by atoms with Crippen molar-refractivity contribution in [2.75, 3.05) is 26.7 Å². The number of hydrogen-bond donors (Lipinski definition) is 2. The van der Waals surface area contributed by atoms with E-state index in [0.717, 1.165) is 25.9 Å². The van der Waals surface area contributed by atoms with E-state index in [4.69, 9.17) is 0 Å². The number of aliphatic hydroxyl groups is 1. The molecule has 0 aromatic carbocycles. The predicted octanol–water partition coefficient (Wildman–Crippen LogP) is 0.749. The van der Waals surface area contributed by atoms with E-state index in [1.165, 1.54) is 12.8 Å². The maximum atomic E-state index is 11.9. The van der Waals surface area contributed by atoms with Crippen LogP contribution in [0.2, 0.25) is 0 Å². The number of rotatable bonds is 3. The van der Waals surface area contributed by atoms with Crippen LogP contribution in [0.3, 0.4) is 0 Å². The topological polar surface area (TPSA) is 52.6 Å². The molecule has 1 atom stereocenters. The third kappa shape index (κ3) is 3.19. The van der Waals surface area contributed by atoms with Crippen LogP contribution in [0, 0.1) is 5.92 Å². The van der Waals surface area contributed by atoms with Crippen molar-refractivity contribution in [2.45, 2.75) is 44.1 Å². The van der Waals surface area contributed by atoms with Crippen LogP contribution in [0.4, 0.5) is 0 Å². The van der Waals surface area contributed by atoms with E-state index in [2.05, 4.69) is 17.3 Å². The van der Waals surface area contributed by atoms with Crippen molar-refractivity contribution in [3.05, 3.63) is 0 Å². The number of carbonyl (C=O) groups excluding carboxylic acids is 1. The highest BCUT2D eigenvalue weighted by molar-refractivity contribution is 5.85. The van der Waals surface area contributed by atoms with E-state index < -0.39 is 5.60 Å². The Bertz CT molecular complexity index is 275. The van der Waals surface area contributed by atoms with Gasteiger partial charge in [0.15, 0.2) is 0 Å². The Labute approximate surface area is 103 Å². The lowest BCUT2D eigenvalue weighted by molar-refractivity contribution is -0.139. The summed E-state index contributed by atoms with van der Waals surface area (Å²) >= 11 is 0. The first-order valence-corrected chi connectivity index (χ1v) is 6.79. The second kappa shape index (κ2) is 5.36. The molecule has 1 unspecified atom stereocenters. The van der Waals surface area contributed by atoms with E-state index in [0.29, 0.717) is 25.3 Å². The maximum absolute atomic E-state index is 11.9. The van der Waals surface area contributed by atoms with Crippen molar-refractivity contribution in [1.82, 2.24) is 10.2 Å². The van der Waals surface area contributed by atoms with Crippen molar-refractivity contribution >= 4 is 5.91 Å². The van der Waals surface area contributed by atoms with Crippen LogP contribution in [0.25, 0.3) is 0 Å². The average Bonchev–Trinajstić information content (AvgIpc) is 2.74. The zero-order chi connectivity index (χ0) is 12.3. The van der Waals surface area contributed by atoms with Gasteiger partial charge in [0.05, 0.1) is 0 Å². The molecule has 0 aromatic heterocycles. The van der Waals surface area contributed by atoms with Gasteiger partial charge in [0.2, 0.25) is 0 Å². The van der Waals surface area contributed by atoms with Crippen LogP contribution in [-0.2, 0) is 4.79 Å². The number of piperidine rings is 1. The molecule has 17 heavy (non-hydrogen) atoms. The highest BCUT2D eigenvalue weighted by Crippen LogP contribution is 2.29. The molecule has 2 fully saturated rings. The summed E-state index contributed by atoms with van der Waals surface area (Å²) in [6.07, 6.45) is 5.59. The predicted molar refractivity (Wildman–Crippen MR) is 66.6 cm³/mol. The molecule has 0 aromatic rings. The molecule has 0 spiro atoms. The van der Waals surface area contributed by atoms with Gasteiger partial charge in [0.25, 0.3) is 5.91 Å². The molecule has 4 heteroatoms. The Morgan fingerprint density at radius 1 is 1.41 bits per heavy atom. The first-order chi connectivity index (χ1) is 8.10. The fraction of sp³-hybridized carbons (Fsp3) is 0.923. The lowest BCUT2D eigenvalue weighted by atomic mass is 9.97. The van der Waals surface area contributed by atoms with E-state index >= 15 is 0 Å². The molecular weight excluding hydrogens is 216 g/mol. The summed E-state index contributed by atoms with van der Waals surface area (Å²) in [5.41, 5.74) is -1.07. The number of nitrogens with zero attached hydrogens (tertiary/aromatic N) is 1. The number of likely N-dealkylation sites (tertiary alicyclic amines) is 1. The Morgan fingerprint density at radius 3 is 2.76 bits per heavy atom. The summed E-state index contributed by atoms with van der Waals surface area (Å²) in [6.45, 7) is 2.93. The van der Waals surface area contributed by atoms with Gasteiger partial charge in [-0.3, -0.25) is 4.79 Å². The summed E-state index contributed by atoms with van der Waals surface area (Å²) in [5, 5.41) is 13.1. The Hall–Kier alpha value is -0.610. The molecule has 2 N–H and O–H groups in total. The average molecular weight is 240 g/mol. The van der Waals surface area contributed by atoms with E-state index in [9.17, 15) is 9.90 Å². The molecular formula is C13H24N2O2. The van der Waals surface area contributed by atoms with Crippen molar-refractivity contribution in [2.24, 2.45) is 5.92 Å². The van der Waals surface area contributed by atoms with Gasteiger partial charge in [-0.1, -0.05) is 0 Å². The molecule has 1 aliphatic heterocycles. The van der Waals surface area contributed by atoms with Crippen LogP contribution in [-0.4, -0.2) is 48.2 Å². The van der Waals surface area contributed by atoms with Crippen molar-refractivity contribution in [1.29, 1.82) is 0 Å². The fourth-order valence-electron chi connectivity index (χ4n) is 3.03. The summed E-state index contributed by atoms with van der Waals surface area (Å²) < 4.78 is 0. The number of carbonyl (C=O) groups is 1. The maximum Gasteiger partial charge on any atom is 0.251 e. The minimum Gasteiger partial charge on any atom is -0.380 e. The van der Waals surface area contributed by atoms with E-state index in [-0.39, 0.29) is 5.91 Å². The minimum atomic E-state index is -1.07. The summed E-state index contributed by atoms with van der Waals surface area (Å²) in [4.78, 5) is 14.2. The zero-order valence-electron chi connectivity index (χ0n) is 10.7. The van der Waals surface area contributed by atoms with E-state index in [1.807, 2.05) is 0 Å². The lowest BCUT2D eigenvalue weighted by Crippen LogP contribution is -2.47. The van der Waals surface area contributed by atoms with Crippen LogP contribution in [0.1, 0.15) is 38.5 Å². The molecule has 0 bridgehead atoms. The summed E-state index contributed by atoms with van der Waals surface area (Å²) in [7, 11) is 2.12. The van der Waals surface area contributed by atoms with Crippen LogP contribution >= 0.6 is 0 Å². The van der Waals surface area contributed by atoms with Crippen molar-refractivity contribution in [3.8, 4) is 0 Å². The number of hydrogen-bond acceptors (Lipinski definition) is 3. The van der Waals surface area contributed by atoms with Gasteiger partial charge >= 0.3 is 0 Å². The van der Waals surface area contributed by atoms with Crippen LogP contribution in [0.15, 0.2) is 0 Å². The normalized spacial score (nSPS) is 29.2. The Kier molecular flexibility index (Phi) is 4.05. The van der Waals surface area contributed by atoms with E-state index in [1.54, 1.807) is 0 Å². The standard InChI is InChI=1S/C13H24N2O2/c1-15-8-4-5-11(10-15)9-14-12(16)13(17)6-2-3-7-13/h11,17H,2-10H2,1H3,(H,14,16). The number of amides is 1. The summed E-state index contributed by atoms with van der Waals surface area (Å²) in [5.74, 6) is 0.394. The Morgan fingerprint density at radius 2 is 2.12 bits per heavy atom. The van der Waals surface area contributed by atoms with Crippen molar-refractivity contribution < 1.29 is 9.90 Å². The molecule has 1 saturated heterocycles. The molecule has 98 valence electrons. The van der Waals surface area contributed by atoms with Gasteiger partial charge in [-0.2, -0.15) is 0 Å². The molecule has 1 aliphatic carbocycles. The largest absolute Gasteiger partial charge is 0.380 e. The first kappa shape index (κ1) is 12.8. The molecule has 1 heterocycles. The molecule has 4 nitrogen and oxygen atoms in total. The highest BCUT2D eigenvalue weighted by atomic mass is 16.3. The molecule has 0 radical (unpaired) electrons. The third-order valence-electron chi connectivity index (χ3n) is 4.13. The van der Waals surface area contributed by atoms with Crippen molar-refractivity contribution in [3.63, 3.8) is 0 Å². The number of nitrogens with one attached hydrogen (secondary N) is 1. The summed E-state index contributed by atoms with van der Waals surface area (Å²) in [6, 6.07) is 0. The van der Waals surface area contributed by atoms with Gasteiger partial charge in [0.1, 0.15) is 5.60 Å². The Balaban J connectivity index is 1.75. The van der Waals surface area contributed by atoms with Gasteiger partial charge < -0.3 is 15.3 Å². The highest BCUT2D eigenvalue weighted by Gasteiger charge is 2.38. The van der Waals surface area contributed by atoms with Crippen LogP contribution < -0.4 is 5.32 Å². The first-order valence-electron chi connectivity index (χ1n) is 6.79. The second-order valence-corrected chi connectivity index (χ2v) is 5.72. The van der Waals surface area contributed by atoms with Crippen LogP contribution in [0.5, 0.6) is 0 Å². The zero-order valence-corrected chi connectivity index (χ0v) is 10.7. The van der Waals surface area contributed by atoms with Gasteiger partial charge in [0, 0.05) is 13.1 Å². The van der Waals surface area contributed by atoms with Gasteiger partial charge in [-0.15, -0.1) is 0 Å². The smallest absolute Gasteiger partial charge is 0.251 e. The van der Waals surface area contributed by atoms with Gasteiger partial charge in [-0.25, -0.2) is 0 Å². The monoisotopic (exact) mass is 240 g/mol. The minimum absolute atomic E-state index is 0.150. The third-order valence-corrected chi connectivity index (χ3v) is 4.13. The lowest BCUT2D eigenvalue weighted by Gasteiger charge is -2.30.